The zero-order chi connectivity index (χ0) is 12.3. The minimum atomic E-state index is -0.680. The van der Waals surface area contributed by atoms with E-state index in [0.717, 1.165) is 50.9 Å². The summed E-state index contributed by atoms with van der Waals surface area (Å²) in [6, 6.07) is 2.31. The van der Waals surface area contributed by atoms with E-state index in [-0.39, 0.29) is 5.91 Å². The van der Waals surface area contributed by atoms with Crippen molar-refractivity contribution >= 4 is 17.7 Å². The highest BCUT2D eigenvalue weighted by Gasteiger charge is 2.44. The average molecular weight is 252 g/mol. The molecule has 0 N–H and O–H groups in total. The summed E-state index contributed by atoms with van der Waals surface area (Å²) in [7, 11) is 0. The predicted molar refractivity (Wildman–Crippen MR) is 69.6 cm³/mol. The molecule has 3 nitrogen and oxygen atoms in total. The Labute approximate surface area is 108 Å². The van der Waals surface area contributed by atoms with Crippen molar-refractivity contribution in [2.45, 2.75) is 44.3 Å². The molecule has 1 amide bonds. The van der Waals surface area contributed by atoms with Gasteiger partial charge in [0, 0.05) is 24.1 Å². The fourth-order valence-corrected chi connectivity index (χ4v) is 3.99. The third kappa shape index (κ3) is 2.44. The van der Waals surface area contributed by atoms with Crippen molar-refractivity contribution in [2.75, 3.05) is 18.8 Å². The van der Waals surface area contributed by atoms with E-state index in [1.165, 1.54) is 0 Å². The van der Waals surface area contributed by atoms with Crippen molar-refractivity contribution in [1.82, 2.24) is 4.90 Å². The molecular formula is C13H20N2OS. The molecule has 0 aromatic rings. The molecule has 1 saturated carbocycles. The highest BCUT2D eigenvalue weighted by atomic mass is 32.2. The SMILES string of the molecule is CCC1CN(C(=O)C2(C#N)CCCC2)CCS1. The summed E-state index contributed by atoms with van der Waals surface area (Å²) >= 11 is 1.96. The van der Waals surface area contributed by atoms with Gasteiger partial charge in [0.05, 0.1) is 6.07 Å². The van der Waals surface area contributed by atoms with Crippen LogP contribution in [0.25, 0.3) is 0 Å². The van der Waals surface area contributed by atoms with E-state index in [2.05, 4.69) is 13.0 Å². The first kappa shape index (κ1) is 12.8. The molecule has 0 aromatic carbocycles. The average Bonchev–Trinajstić information content (AvgIpc) is 2.88. The molecular weight excluding hydrogens is 232 g/mol. The number of thioether (sulfide) groups is 1. The van der Waals surface area contributed by atoms with Gasteiger partial charge in [-0.3, -0.25) is 4.79 Å². The second kappa shape index (κ2) is 5.30. The number of hydrogen-bond donors (Lipinski definition) is 0. The lowest BCUT2D eigenvalue weighted by Gasteiger charge is -2.35. The first-order chi connectivity index (χ1) is 8.22. The predicted octanol–water partition coefficient (Wildman–Crippen LogP) is 2.42. The number of amides is 1. The second-order valence-corrected chi connectivity index (χ2v) is 6.46. The molecule has 0 bridgehead atoms. The van der Waals surface area contributed by atoms with Crippen molar-refractivity contribution < 1.29 is 4.79 Å². The number of rotatable bonds is 2. The molecule has 4 heteroatoms. The normalized spacial score (nSPS) is 27.8. The van der Waals surface area contributed by atoms with Crippen LogP contribution in [-0.2, 0) is 4.79 Å². The van der Waals surface area contributed by atoms with Crippen molar-refractivity contribution in [3.8, 4) is 6.07 Å². The van der Waals surface area contributed by atoms with Gasteiger partial charge in [-0.05, 0) is 19.3 Å². The van der Waals surface area contributed by atoms with E-state index in [1.807, 2.05) is 16.7 Å². The maximum atomic E-state index is 12.5. The molecule has 1 unspecified atom stereocenters. The quantitative estimate of drug-likeness (QED) is 0.758. The Bertz CT molecular complexity index is 331. The smallest absolute Gasteiger partial charge is 0.243 e. The number of nitriles is 1. The summed E-state index contributed by atoms with van der Waals surface area (Å²) in [6.45, 7) is 3.83. The van der Waals surface area contributed by atoms with Gasteiger partial charge in [-0.2, -0.15) is 17.0 Å². The lowest BCUT2D eigenvalue weighted by molar-refractivity contribution is -0.138. The lowest BCUT2D eigenvalue weighted by Crippen LogP contribution is -2.48. The zero-order valence-corrected chi connectivity index (χ0v) is 11.3. The minimum Gasteiger partial charge on any atom is -0.339 e. The van der Waals surface area contributed by atoms with Crippen molar-refractivity contribution in [2.24, 2.45) is 5.41 Å². The van der Waals surface area contributed by atoms with Crippen molar-refractivity contribution in [1.29, 1.82) is 5.26 Å². The van der Waals surface area contributed by atoms with Gasteiger partial charge in [-0.1, -0.05) is 19.8 Å². The van der Waals surface area contributed by atoms with Gasteiger partial charge < -0.3 is 4.90 Å². The zero-order valence-electron chi connectivity index (χ0n) is 10.4. The summed E-state index contributed by atoms with van der Waals surface area (Å²) in [5, 5.41) is 9.90. The molecule has 1 aliphatic carbocycles. The summed E-state index contributed by atoms with van der Waals surface area (Å²) in [6.07, 6.45) is 4.69. The van der Waals surface area contributed by atoms with Gasteiger partial charge in [-0.25, -0.2) is 0 Å². The van der Waals surface area contributed by atoms with Crippen LogP contribution in [0.2, 0.25) is 0 Å². The van der Waals surface area contributed by atoms with Crippen LogP contribution >= 0.6 is 11.8 Å². The standard InChI is InChI=1S/C13H20N2OS/c1-2-11-9-15(7-8-17-11)12(16)13(10-14)5-3-4-6-13/h11H,2-9H2,1H3. The number of hydrogen-bond acceptors (Lipinski definition) is 3. The monoisotopic (exact) mass is 252 g/mol. The largest absolute Gasteiger partial charge is 0.339 e. The molecule has 17 heavy (non-hydrogen) atoms. The molecule has 1 saturated heterocycles. The first-order valence-corrected chi connectivity index (χ1v) is 7.59. The van der Waals surface area contributed by atoms with Gasteiger partial charge in [0.1, 0.15) is 5.41 Å². The molecule has 1 atom stereocenters. The van der Waals surface area contributed by atoms with E-state index in [0.29, 0.717) is 5.25 Å². The maximum Gasteiger partial charge on any atom is 0.243 e. The van der Waals surface area contributed by atoms with Crippen LogP contribution in [0.3, 0.4) is 0 Å². The Kier molecular flexibility index (Phi) is 3.98. The van der Waals surface area contributed by atoms with Gasteiger partial charge in [-0.15, -0.1) is 0 Å². The third-order valence-corrected chi connectivity index (χ3v) is 5.33. The topological polar surface area (TPSA) is 44.1 Å². The first-order valence-electron chi connectivity index (χ1n) is 6.54. The molecule has 1 heterocycles. The van der Waals surface area contributed by atoms with Crippen LogP contribution in [0.15, 0.2) is 0 Å². The Morgan fingerprint density at radius 3 is 2.82 bits per heavy atom. The van der Waals surface area contributed by atoms with E-state index >= 15 is 0 Å². The van der Waals surface area contributed by atoms with Gasteiger partial charge >= 0.3 is 0 Å². The number of nitrogens with zero attached hydrogens (tertiary/aromatic N) is 2. The van der Waals surface area contributed by atoms with Crippen LogP contribution in [0.5, 0.6) is 0 Å². The molecule has 94 valence electrons. The van der Waals surface area contributed by atoms with Crippen molar-refractivity contribution in [3.63, 3.8) is 0 Å². The molecule has 2 aliphatic rings. The molecule has 1 aliphatic heterocycles. The summed E-state index contributed by atoms with van der Waals surface area (Å²) < 4.78 is 0. The second-order valence-electron chi connectivity index (χ2n) is 5.05. The van der Waals surface area contributed by atoms with Crippen LogP contribution in [0.4, 0.5) is 0 Å². The fraction of sp³-hybridized carbons (Fsp3) is 0.846. The molecule has 2 rings (SSSR count). The highest BCUT2D eigenvalue weighted by Crippen LogP contribution is 2.40. The summed E-state index contributed by atoms with van der Waals surface area (Å²) in [5.74, 6) is 1.13. The Morgan fingerprint density at radius 2 is 2.24 bits per heavy atom. The van der Waals surface area contributed by atoms with Crippen LogP contribution in [-0.4, -0.2) is 34.9 Å². The number of carbonyl (C=O) groups excluding carboxylic acids is 1. The van der Waals surface area contributed by atoms with Crippen LogP contribution < -0.4 is 0 Å². The summed E-state index contributed by atoms with van der Waals surface area (Å²) in [5.41, 5.74) is -0.680. The van der Waals surface area contributed by atoms with E-state index in [9.17, 15) is 10.1 Å². The van der Waals surface area contributed by atoms with Crippen molar-refractivity contribution in [3.05, 3.63) is 0 Å². The van der Waals surface area contributed by atoms with E-state index in [4.69, 9.17) is 0 Å². The minimum absolute atomic E-state index is 0.108. The lowest BCUT2D eigenvalue weighted by atomic mass is 9.86. The van der Waals surface area contributed by atoms with E-state index < -0.39 is 5.41 Å². The summed E-state index contributed by atoms with van der Waals surface area (Å²) in [4.78, 5) is 14.5. The Hall–Kier alpha value is -0.690. The van der Waals surface area contributed by atoms with Gasteiger partial charge in [0.15, 0.2) is 0 Å². The Balaban J connectivity index is 2.06. The van der Waals surface area contributed by atoms with Gasteiger partial charge in [0.25, 0.3) is 0 Å². The maximum absolute atomic E-state index is 12.5. The molecule has 0 spiro atoms. The highest BCUT2D eigenvalue weighted by molar-refractivity contribution is 8.00. The number of carbonyl (C=O) groups is 1. The molecule has 0 aromatic heterocycles. The molecule has 2 fully saturated rings. The van der Waals surface area contributed by atoms with Crippen LogP contribution in [0, 0.1) is 16.7 Å². The van der Waals surface area contributed by atoms with E-state index in [1.54, 1.807) is 0 Å². The Morgan fingerprint density at radius 1 is 1.53 bits per heavy atom. The third-order valence-electron chi connectivity index (χ3n) is 3.96. The van der Waals surface area contributed by atoms with Gasteiger partial charge in [0.2, 0.25) is 5.91 Å². The fourth-order valence-electron chi connectivity index (χ4n) is 2.81. The van der Waals surface area contributed by atoms with Crippen LogP contribution in [0.1, 0.15) is 39.0 Å². The molecule has 0 radical (unpaired) electrons.